The molecular formula is C32H28N4O6. The monoisotopic (exact) mass is 564 g/mol. The molecule has 0 saturated carbocycles. The number of benzene rings is 4. The van der Waals surface area contributed by atoms with Crippen LogP contribution in [0.25, 0.3) is 0 Å². The second-order valence-corrected chi connectivity index (χ2v) is 9.57. The van der Waals surface area contributed by atoms with Gasteiger partial charge in [0.15, 0.2) is 0 Å². The highest BCUT2D eigenvalue weighted by Gasteiger charge is 2.31. The number of fused-ring (bicyclic) bond motifs is 4. The molecule has 212 valence electrons. The van der Waals surface area contributed by atoms with Crippen LogP contribution in [0.4, 0.5) is 32.3 Å². The largest absolute Gasteiger partial charge is 0.459 e. The minimum atomic E-state index is -0.568. The van der Waals surface area contributed by atoms with Crippen LogP contribution < -0.4 is 21.3 Å². The van der Waals surface area contributed by atoms with E-state index in [-0.39, 0.29) is 0 Å². The van der Waals surface area contributed by atoms with Crippen LogP contribution in [0.1, 0.15) is 34.5 Å². The quantitative estimate of drug-likeness (QED) is 0.320. The van der Waals surface area contributed by atoms with Crippen molar-refractivity contribution in [2.45, 2.75) is 25.0 Å². The number of carbonyl (C=O) groups is 4. The predicted octanol–water partition coefficient (Wildman–Crippen LogP) is 5.35. The molecule has 10 heteroatoms. The Balaban J connectivity index is 0.000000168. The van der Waals surface area contributed by atoms with E-state index in [9.17, 15) is 19.2 Å². The first-order valence-electron chi connectivity index (χ1n) is 13.2. The molecule has 42 heavy (non-hydrogen) atoms. The van der Waals surface area contributed by atoms with Crippen LogP contribution in [0, 0.1) is 0 Å². The Labute approximate surface area is 242 Å². The van der Waals surface area contributed by atoms with Crippen molar-refractivity contribution in [1.29, 1.82) is 0 Å². The molecule has 0 spiro atoms. The van der Waals surface area contributed by atoms with Gasteiger partial charge in [-0.2, -0.15) is 0 Å². The van der Waals surface area contributed by atoms with Crippen molar-refractivity contribution in [1.82, 2.24) is 0 Å². The molecule has 4 aromatic carbocycles. The Morgan fingerprint density at radius 3 is 1.26 bits per heavy atom. The number of urea groups is 2. The summed E-state index contributed by atoms with van der Waals surface area (Å²) in [6, 6.07) is 28.4. The van der Waals surface area contributed by atoms with Crippen molar-refractivity contribution in [3.63, 3.8) is 0 Å². The Morgan fingerprint density at radius 1 is 0.571 bits per heavy atom. The summed E-state index contributed by atoms with van der Waals surface area (Å²) in [7, 11) is 0. The fraction of sp³-hybridized carbons (Fsp3) is 0.125. The molecule has 4 N–H and O–H groups in total. The fourth-order valence-corrected chi connectivity index (χ4v) is 5.46. The van der Waals surface area contributed by atoms with Crippen molar-refractivity contribution in [2.24, 2.45) is 11.5 Å². The zero-order valence-corrected chi connectivity index (χ0v) is 22.5. The van der Waals surface area contributed by atoms with Crippen molar-refractivity contribution < 1.29 is 28.7 Å². The van der Waals surface area contributed by atoms with Gasteiger partial charge in [0.25, 0.3) is 12.9 Å². The standard InChI is InChI=1S/2C16H14N2O3/c2*17-16(20)18-13-7-3-1-5-11(13)9-15(21-10-19)12-6-2-4-8-14(12)18/h2*1-8,10,15H,9H2,(H2,17,20). The fourth-order valence-electron chi connectivity index (χ4n) is 5.46. The average molecular weight is 565 g/mol. The van der Waals surface area contributed by atoms with Crippen molar-refractivity contribution in [3.05, 3.63) is 119 Å². The van der Waals surface area contributed by atoms with E-state index in [2.05, 4.69) is 0 Å². The summed E-state index contributed by atoms with van der Waals surface area (Å²) < 4.78 is 10.4. The van der Waals surface area contributed by atoms with Crippen LogP contribution in [0.3, 0.4) is 0 Å². The van der Waals surface area contributed by atoms with Gasteiger partial charge < -0.3 is 20.9 Å². The Morgan fingerprint density at radius 2 is 0.905 bits per heavy atom. The van der Waals surface area contributed by atoms with Gasteiger partial charge in [-0.05, 0) is 35.4 Å². The molecule has 4 amide bonds. The molecule has 0 aliphatic carbocycles. The van der Waals surface area contributed by atoms with E-state index in [0.717, 1.165) is 33.6 Å². The molecule has 10 nitrogen and oxygen atoms in total. The molecule has 0 fully saturated rings. The first kappa shape index (κ1) is 27.9. The molecule has 2 unspecified atom stereocenters. The first-order valence-corrected chi connectivity index (χ1v) is 13.2. The lowest BCUT2D eigenvalue weighted by Gasteiger charge is -2.23. The molecule has 4 aromatic rings. The Hall–Kier alpha value is -5.64. The number of primary amides is 2. The third kappa shape index (κ3) is 5.37. The summed E-state index contributed by atoms with van der Waals surface area (Å²) in [5.41, 5.74) is 17.2. The molecule has 2 aliphatic heterocycles. The van der Waals surface area contributed by atoms with Crippen LogP contribution in [-0.2, 0) is 31.9 Å². The highest BCUT2D eigenvalue weighted by molar-refractivity contribution is 6.01. The van der Waals surface area contributed by atoms with Gasteiger partial charge in [0.1, 0.15) is 12.2 Å². The third-order valence-electron chi connectivity index (χ3n) is 7.21. The second-order valence-electron chi connectivity index (χ2n) is 9.57. The molecule has 2 heterocycles. The van der Waals surface area contributed by atoms with Gasteiger partial charge in [-0.1, -0.05) is 72.8 Å². The zero-order chi connectivity index (χ0) is 29.6. The van der Waals surface area contributed by atoms with E-state index >= 15 is 0 Å². The maximum atomic E-state index is 11.9. The number of ether oxygens (including phenoxy) is 2. The SMILES string of the molecule is NC(=O)N1c2ccccc2CC(OC=O)c2ccccc21.NC(=O)N1c2ccccc2CC(OC=O)c2ccccc21. The topological polar surface area (TPSA) is 145 Å². The smallest absolute Gasteiger partial charge is 0.323 e. The minimum absolute atomic E-state index is 0.435. The number of nitrogens with zero attached hydrogens (tertiary/aromatic N) is 2. The lowest BCUT2D eigenvalue weighted by atomic mass is 10.0. The first-order chi connectivity index (χ1) is 20.4. The summed E-state index contributed by atoms with van der Waals surface area (Å²) in [5, 5.41) is 0. The Kier molecular flexibility index (Phi) is 8.14. The lowest BCUT2D eigenvalue weighted by Crippen LogP contribution is -2.32. The zero-order valence-electron chi connectivity index (χ0n) is 22.5. The van der Waals surface area contributed by atoms with Crippen LogP contribution in [0.5, 0.6) is 0 Å². The van der Waals surface area contributed by atoms with E-state index in [0.29, 0.717) is 37.2 Å². The van der Waals surface area contributed by atoms with Gasteiger partial charge in [0.2, 0.25) is 0 Å². The molecule has 0 radical (unpaired) electrons. The Bertz CT molecular complexity index is 1520. The number of hydrogen-bond acceptors (Lipinski definition) is 6. The predicted molar refractivity (Wildman–Crippen MR) is 156 cm³/mol. The number of hydrogen-bond donors (Lipinski definition) is 2. The van der Waals surface area contributed by atoms with E-state index in [4.69, 9.17) is 20.9 Å². The van der Waals surface area contributed by atoms with Crippen LogP contribution >= 0.6 is 0 Å². The molecule has 0 saturated heterocycles. The van der Waals surface area contributed by atoms with Crippen LogP contribution in [-0.4, -0.2) is 25.0 Å². The van der Waals surface area contributed by atoms with Gasteiger partial charge >= 0.3 is 12.1 Å². The molecule has 2 atom stereocenters. The van der Waals surface area contributed by atoms with Gasteiger partial charge in [0.05, 0.1) is 22.7 Å². The highest BCUT2D eigenvalue weighted by atomic mass is 16.5. The van der Waals surface area contributed by atoms with Crippen molar-refractivity contribution >= 4 is 47.8 Å². The number of anilines is 4. The highest BCUT2D eigenvalue weighted by Crippen LogP contribution is 2.42. The lowest BCUT2D eigenvalue weighted by molar-refractivity contribution is -0.134. The second kappa shape index (κ2) is 12.3. The third-order valence-corrected chi connectivity index (χ3v) is 7.21. The van der Waals surface area contributed by atoms with Gasteiger partial charge in [-0.3, -0.25) is 19.4 Å². The average Bonchev–Trinajstić information content (AvgIpc) is 3.22. The van der Waals surface area contributed by atoms with Gasteiger partial charge in [0, 0.05) is 24.0 Å². The number of nitrogens with two attached hydrogens (primary N) is 2. The molecular weight excluding hydrogens is 536 g/mol. The molecule has 6 rings (SSSR count). The van der Waals surface area contributed by atoms with E-state index < -0.39 is 24.3 Å². The van der Waals surface area contributed by atoms with E-state index in [1.54, 1.807) is 12.1 Å². The van der Waals surface area contributed by atoms with Crippen LogP contribution in [0.2, 0.25) is 0 Å². The summed E-state index contributed by atoms with van der Waals surface area (Å²) >= 11 is 0. The molecule has 0 bridgehead atoms. The number of carbonyl (C=O) groups excluding carboxylic acids is 4. The number of rotatable bonds is 4. The maximum Gasteiger partial charge on any atom is 0.323 e. The summed E-state index contributed by atoms with van der Waals surface area (Å²) in [4.78, 5) is 48.4. The van der Waals surface area contributed by atoms with Gasteiger partial charge in [-0.15, -0.1) is 0 Å². The summed E-state index contributed by atoms with van der Waals surface area (Å²) in [6.45, 7) is 0.869. The molecule has 0 aromatic heterocycles. The normalized spacial score (nSPS) is 16.4. The number of amides is 4. The van der Waals surface area contributed by atoms with Crippen molar-refractivity contribution in [2.75, 3.05) is 9.80 Å². The van der Waals surface area contributed by atoms with Gasteiger partial charge in [-0.25, -0.2) is 9.59 Å². The number of para-hydroxylation sites is 4. The van der Waals surface area contributed by atoms with Crippen LogP contribution in [0.15, 0.2) is 97.1 Å². The van der Waals surface area contributed by atoms with E-state index in [1.165, 1.54) is 9.80 Å². The van der Waals surface area contributed by atoms with Crippen molar-refractivity contribution in [3.8, 4) is 0 Å². The molecule has 2 aliphatic rings. The maximum absolute atomic E-state index is 11.9. The minimum Gasteiger partial charge on any atom is -0.459 e. The summed E-state index contributed by atoms with van der Waals surface area (Å²) in [5.74, 6) is 0. The van der Waals surface area contributed by atoms with E-state index in [1.807, 2.05) is 84.9 Å². The summed E-state index contributed by atoms with van der Waals surface area (Å²) in [6.07, 6.45) is 0.110.